The topological polar surface area (TPSA) is 40.5 Å². The van der Waals surface area contributed by atoms with Crippen LogP contribution in [-0.2, 0) is 11.2 Å². The normalized spacial score (nSPS) is 21.0. The molecule has 0 fully saturated rings. The fourth-order valence-corrected chi connectivity index (χ4v) is 5.01. The third-order valence-corrected chi connectivity index (χ3v) is 6.17. The molecule has 0 aromatic heterocycles. The molecule has 0 radical (unpaired) electrons. The lowest BCUT2D eigenvalue weighted by molar-refractivity contribution is -0.108. The zero-order valence-electron chi connectivity index (χ0n) is 16.1. The Balaban J connectivity index is 1.95. The number of rotatable bonds is 2. The van der Waals surface area contributed by atoms with Gasteiger partial charge in [-0.3, -0.25) is 0 Å². The summed E-state index contributed by atoms with van der Waals surface area (Å²) in [5, 5.41) is 24.9. The summed E-state index contributed by atoms with van der Waals surface area (Å²) < 4.78 is 0. The predicted octanol–water partition coefficient (Wildman–Crippen LogP) is 4.77. The quantitative estimate of drug-likeness (QED) is 0.633. The molecule has 2 aliphatic rings. The molecule has 2 aliphatic carbocycles. The van der Waals surface area contributed by atoms with E-state index in [9.17, 15) is 10.2 Å². The molecular formula is C27H20O2. The molecule has 0 heterocycles. The fourth-order valence-electron chi connectivity index (χ4n) is 5.01. The van der Waals surface area contributed by atoms with Gasteiger partial charge < -0.3 is 10.2 Å². The standard InChI is InChI=1S/C27H20O2/c1-3-11-22-18(4-2)19-12-5-8-15-23(19)26(22,28)27(29)24-16-9-6-13-20(24)21-14-7-10-17-25(21)27/h2-3,5-17,28-29H,1H3/b11-3-. The highest BCUT2D eigenvalue weighted by Gasteiger charge is 2.61. The summed E-state index contributed by atoms with van der Waals surface area (Å²) in [6, 6.07) is 22.9. The van der Waals surface area contributed by atoms with E-state index in [0.717, 1.165) is 16.7 Å². The van der Waals surface area contributed by atoms with Crippen molar-refractivity contribution in [2.24, 2.45) is 0 Å². The van der Waals surface area contributed by atoms with Crippen LogP contribution >= 0.6 is 0 Å². The molecule has 0 spiro atoms. The molecule has 2 N–H and O–H groups in total. The Kier molecular flexibility index (Phi) is 3.70. The van der Waals surface area contributed by atoms with Crippen LogP contribution in [-0.4, -0.2) is 10.2 Å². The summed E-state index contributed by atoms with van der Waals surface area (Å²) >= 11 is 0. The zero-order chi connectivity index (χ0) is 20.2. The van der Waals surface area contributed by atoms with E-state index in [1.807, 2.05) is 91.9 Å². The number of hydrogen-bond acceptors (Lipinski definition) is 2. The largest absolute Gasteiger partial charge is 0.377 e. The van der Waals surface area contributed by atoms with Crippen LogP contribution in [0, 0.1) is 12.3 Å². The minimum atomic E-state index is -1.72. The molecule has 0 aliphatic heterocycles. The Morgan fingerprint density at radius 1 is 0.724 bits per heavy atom. The van der Waals surface area contributed by atoms with E-state index in [4.69, 9.17) is 6.42 Å². The third-order valence-electron chi connectivity index (χ3n) is 6.17. The average molecular weight is 376 g/mol. The molecule has 2 nitrogen and oxygen atoms in total. The number of allylic oxidation sites excluding steroid dienone is 2. The second kappa shape index (κ2) is 6.06. The van der Waals surface area contributed by atoms with Crippen molar-refractivity contribution in [1.82, 2.24) is 0 Å². The average Bonchev–Trinajstić information content (AvgIpc) is 3.18. The molecular weight excluding hydrogens is 356 g/mol. The SMILES string of the molecule is C#CC1=C(/C=C\C)C(O)(C2(O)c3ccccc3-c3ccccc32)c2ccccc21. The Morgan fingerprint density at radius 2 is 1.17 bits per heavy atom. The van der Waals surface area contributed by atoms with E-state index < -0.39 is 11.2 Å². The van der Waals surface area contributed by atoms with Crippen molar-refractivity contribution in [3.05, 3.63) is 113 Å². The second-order valence-electron chi connectivity index (χ2n) is 7.49. The van der Waals surface area contributed by atoms with Crippen molar-refractivity contribution in [3.63, 3.8) is 0 Å². The Hall–Kier alpha value is -3.38. The van der Waals surface area contributed by atoms with Crippen LogP contribution < -0.4 is 0 Å². The predicted molar refractivity (Wildman–Crippen MR) is 116 cm³/mol. The molecule has 5 rings (SSSR count). The van der Waals surface area contributed by atoms with Crippen molar-refractivity contribution < 1.29 is 10.2 Å². The number of benzene rings is 3. The van der Waals surface area contributed by atoms with Gasteiger partial charge in [0.05, 0.1) is 0 Å². The van der Waals surface area contributed by atoms with Gasteiger partial charge in [0.25, 0.3) is 0 Å². The first-order chi connectivity index (χ1) is 14.1. The molecule has 140 valence electrons. The number of aliphatic hydroxyl groups is 2. The van der Waals surface area contributed by atoms with E-state index in [2.05, 4.69) is 5.92 Å². The Bertz CT molecular complexity index is 1210. The summed E-state index contributed by atoms with van der Waals surface area (Å²) in [5.41, 5.74) is 2.35. The molecule has 1 atom stereocenters. The highest BCUT2D eigenvalue weighted by molar-refractivity contribution is 5.93. The smallest absolute Gasteiger partial charge is 0.153 e. The first-order valence-electron chi connectivity index (χ1n) is 9.67. The maximum atomic E-state index is 12.4. The molecule has 29 heavy (non-hydrogen) atoms. The van der Waals surface area contributed by atoms with Crippen molar-refractivity contribution in [2.45, 2.75) is 18.1 Å². The molecule has 0 bridgehead atoms. The highest BCUT2D eigenvalue weighted by atomic mass is 16.4. The first-order valence-corrected chi connectivity index (χ1v) is 9.67. The monoisotopic (exact) mass is 376 g/mol. The lowest BCUT2D eigenvalue weighted by Crippen LogP contribution is -2.49. The Labute approximate surface area is 170 Å². The van der Waals surface area contributed by atoms with E-state index in [-0.39, 0.29) is 0 Å². The summed E-state index contributed by atoms with van der Waals surface area (Å²) in [4.78, 5) is 0. The van der Waals surface area contributed by atoms with E-state index >= 15 is 0 Å². The number of terminal acetylenes is 1. The highest BCUT2D eigenvalue weighted by Crippen LogP contribution is 2.61. The minimum Gasteiger partial charge on any atom is -0.377 e. The van der Waals surface area contributed by atoms with Crippen molar-refractivity contribution in [2.75, 3.05) is 0 Å². The van der Waals surface area contributed by atoms with Gasteiger partial charge in [0.15, 0.2) is 11.2 Å². The molecule has 2 heteroatoms. The van der Waals surface area contributed by atoms with Gasteiger partial charge in [0.2, 0.25) is 0 Å². The van der Waals surface area contributed by atoms with Crippen LogP contribution in [0.4, 0.5) is 0 Å². The fraction of sp³-hybridized carbons (Fsp3) is 0.111. The maximum absolute atomic E-state index is 12.4. The molecule has 3 aromatic rings. The Morgan fingerprint density at radius 3 is 1.66 bits per heavy atom. The first kappa shape index (κ1) is 17.7. The summed E-state index contributed by atoms with van der Waals surface area (Å²) in [6.45, 7) is 1.88. The number of fused-ring (bicyclic) bond motifs is 4. The van der Waals surface area contributed by atoms with E-state index in [0.29, 0.717) is 27.8 Å². The molecule has 0 saturated carbocycles. The second-order valence-corrected chi connectivity index (χ2v) is 7.49. The van der Waals surface area contributed by atoms with Crippen LogP contribution in [0.5, 0.6) is 0 Å². The van der Waals surface area contributed by atoms with Gasteiger partial charge >= 0.3 is 0 Å². The lowest BCUT2D eigenvalue weighted by Gasteiger charge is -2.42. The van der Waals surface area contributed by atoms with Gasteiger partial charge in [-0.15, -0.1) is 6.42 Å². The summed E-state index contributed by atoms with van der Waals surface area (Å²) in [5.74, 6) is 2.76. The van der Waals surface area contributed by atoms with Gasteiger partial charge in [0.1, 0.15) is 0 Å². The van der Waals surface area contributed by atoms with Crippen molar-refractivity contribution >= 4 is 5.57 Å². The zero-order valence-corrected chi connectivity index (χ0v) is 16.1. The molecule has 3 aromatic carbocycles. The molecule has 0 saturated heterocycles. The molecule has 0 amide bonds. The van der Waals surface area contributed by atoms with Gasteiger partial charge in [-0.25, -0.2) is 0 Å². The van der Waals surface area contributed by atoms with Gasteiger partial charge in [0, 0.05) is 16.7 Å². The van der Waals surface area contributed by atoms with Crippen LogP contribution in [0.25, 0.3) is 16.7 Å². The summed E-state index contributed by atoms with van der Waals surface area (Å²) in [7, 11) is 0. The van der Waals surface area contributed by atoms with E-state index in [1.54, 1.807) is 0 Å². The van der Waals surface area contributed by atoms with Crippen molar-refractivity contribution in [3.8, 4) is 23.5 Å². The van der Waals surface area contributed by atoms with Gasteiger partial charge in [-0.1, -0.05) is 90.9 Å². The van der Waals surface area contributed by atoms with Crippen LogP contribution in [0.3, 0.4) is 0 Å². The van der Waals surface area contributed by atoms with Gasteiger partial charge in [-0.05, 0) is 34.7 Å². The minimum absolute atomic E-state index is 0.540. The van der Waals surface area contributed by atoms with Crippen LogP contribution in [0.15, 0.2) is 90.5 Å². The maximum Gasteiger partial charge on any atom is 0.153 e. The number of hydrogen-bond donors (Lipinski definition) is 2. The van der Waals surface area contributed by atoms with Crippen molar-refractivity contribution in [1.29, 1.82) is 0 Å². The third kappa shape index (κ3) is 1.99. The van der Waals surface area contributed by atoms with Crippen LogP contribution in [0.1, 0.15) is 29.2 Å². The summed E-state index contributed by atoms with van der Waals surface area (Å²) in [6.07, 6.45) is 9.55. The van der Waals surface area contributed by atoms with Crippen LogP contribution in [0.2, 0.25) is 0 Å². The van der Waals surface area contributed by atoms with Gasteiger partial charge in [-0.2, -0.15) is 0 Å². The van der Waals surface area contributed by atoms with E-state index in [1.165, 1.54) is 0 Å². The lowest BCUT2D eigenvalue weighted by atomic mass is 9.69. The molecule has 1 unspecified atom stereocenters.